The number of nitrogens with zero attached hydrogens (tertiary/aromatic N) is 2. The molecule has 0 amide bonds. The van der Waals surface area contributed by atoms with Gasteiger partial charge in [0.1, 0.15) is 0 Å². The number of hydrogen-bond donors (Lipinski definition) is 1. The minimum Gasteiger partial charge on any atom is -0.481 e. The first kappa shape index (κ1) is 14.7. The van der Waals surface area contributed by atoms with E-state index in [-0.39, 0.29) is 6.54 Å². The normalized spacial score (nSPS) is 27.9. The predicted octanol–water partition coefficient (Wildman–Crippen LogP) is 0.904. The van der Waals surface area contributed by atoms with Gasteiger partial charge in [0.25, 0.3) is 10.2 Å². The fourth-order valence-corrected chi connectivity index (χ4v) is 4.56. The largest absolute Gasteiger partial charge is 0.481 e. The average molecular weight is 290 g/mol. The molecule has 0 saturated carbocycles. The van der Waals surface area contributed by atoms with Crippen LogP contribution in [0.1, 0.15) is 38.5 Å². The average Bonchev–Trinajstić information content (AvgIpc) is 2.68. The highest BCUT2D eigenvalue weighted by atomic mass is 32.2. The molecule has 0 unspecified atom stereocenters. The molecule has 7 heteroatoms. The number of rotatable bonds is 3. The molecule has 2 aliphatic heterocycles. The quantitative estimate of drug-likeness (QED) is 0.838. The Morgan fingerprint density at radius 3 is 2.11 bits per heavy atom. The Labute approximate surface area is 114 Å². The van der Waals surface area contributed by atoms with Crippen LogP contribution in [0.2, 0.25) is 0 Å². The molecule has 6 nitrogen and oxygen atoms in total. The fourth-order valence-electron chi connectivity index (χ4n) is 2.79. The van der Waals surface area contributed by atoms with E-state index in [9.17, 15) is 13.2 Å². The number of carbonyl (C=O) groups is 1. The second-order valence-electron chi connectivity index (χ2n) is 5.36. The van der Waals surface area contributed by atoms with Gasteiger partial charge < -0.3 is 5.11 Å². The van der Waals surface area contributed by atoms with Crippen molar-refractivity contribution in [2.24, 2.45) is 5.92 Å². The third kappa shape index (κ3) is 3.46. The Bertz CT molecular complexity index is 415. The Balaban J connectivity index is 2.07. The summed E-state index contributed by atoms with van der Waals surface area (Å²) in [5, 5.41) is 9.04. The van der Waals surface area contributed by atoms with Crippen molar-refractivity contribution < 1.29 is 18.3 Å². The van der Waals surface area contributed by atoms with Crippen LogP contribution in [0.3, 0.4) is 0 Å². The Morgan fingerprint density at radius 2 is 1.53 bits per heavy atom. The zero-order chi connectivity index (χ0) is 13.9. The van der Waals surface area contributed by atoms with Crippen LogP contribution in [-0.4, -0.2) is 54.3 Å². The zero-order valence-corrected chi connectivity index (χ0v) is 11.9. The van der Waals surface area contributed by atoms with Gasteiger partial charge in [-0.2, -0.15) is 17.0 Å². The summed E-state index contributed by atoms with van der Waals surface area (Å²) in [5.41, 5.74) is 0. The molecule has 0 radical (unpaired) electrons. The third-order valence-electron chi connectivity index (χ3n) is 3.95. The molecule has 2 saturated heterocycles. The molecule has 0 aromatic rings. The number of hydrogen-bond acceptors (Lipinski definition) is 3. The Hall–Kier alpha value is -0.660. The highest BCUT2D eigenvalue weighted by molar-refractivity contribution is 7.86. The highest BCUT2D eigenvalue weighted by Gasteiger charge is 2.35. The van der Waals surface area contributed by atoms with Gasteiger partial charge in [0.05, 0.1) is 5.92 Å². The minimum absolute atomic E-state index is 0.119. The minimum atomic E-state index is -3.47. The van der Waals surface area contributed by atoms with Crippen LogP contribution in [0.4, 0.5) is 0 Å². The molecule has 0 spiro atoms. The maximum atomic E-state index is 12.5. The summed E-state index contributed by atoms with van der Waals surface area (Å²) >= 11 is 0. The third-order valence-corrected chi connectivity index (χ3v) is 5.95. The highest BCUT2D eigenvalue weighted by Crippen LogP contribution is 2.23. The van der Waals surface area contributed by atoms with E-state index < -0.39 is 22.1 Å². The van der Waals surface area contributed by atoms with Gasteiger partial charge in [0, 0.05) is 26.2 Å². The van der Waals surface area contributed by atoms with Gasteiger partial charge in [-0.05, 0) is 25.7 Å². The maximum absolute atomic E-state index is 12.5. The van der Waals surface area contributed by atoms with Gasteiger partial charge in [-0.1, -0.05) is 12.8 Å². The summed E-state index contributed by atoms with van der Waals surface area (Å²) in [6.45, 7) is 1.70. The summed E-state index contributed by atoms with van der Waals surface area (Å²) < 4.78 is 27.9. The fraction of sp³-hybridized carbons (Fsp3) is 0.917. The van der Waals surface area contributed by atoms with Gasteiger partial charge in [0.15, 0.2) is 0 Å². The first-order chi connectivity index (χ1) is 9.01. The van der Waals surface area contributed by atoms with Gasteiger partial charge in [0.2, 0.25) is 0 Å². The van der Waals surface area contributed by atoms with Crippen molar-refractivity contribution in [2.45, 2.75) is 38.5 Å². The van der Waals surface area contributed by atoms with Crippen LogP contribution in [-0.2, 0) is 15.0 Å². The molecule has 1 atom stereocenters. The van der Waals surface area contributed by atoms with Crippen LogP contribution < -0.4 is 0 Å². The van der Waals surface area contributed by atoms with Gasteiger partial charge >= 0.3 is 5.97 Å². The van der Waals surface area contributed by atoms with E-state index >= 15 is 0 Å². The topological polar surface area (TPSA) is 77.9 Å². The monoisotopic (exact) mass is 290 g/mol. The second kappa shape index (κ2) is 6.19. The lowest BCUT2D eigenvalue weighted by atomic mass is 10.0. The Kier molecular flexibility index (Phi) is 4.81. The summed E-state index contributed by atoms with van der Waals surface area (Å²) in [6.07, 6.45) is 5.14. The van der Waals surface area contributed by atoms with E-state index in [0.717, 1.165) is 25.7 Å². The van der Waals surface area contributed by atoms with Crippen molar-refractivity contribution in [2.75, 3.05) is 26.2 Å². The molecule has 2 heterocycles. The van der Waals surface area contributed by atoms with E-state index in [1.165, 1.54) is 8.61 Å². The van der Waals surface area contributed by atoms with Crippen LogP contribution in [0.15, 0.2) is 0 Å². The van der Waals surface area contributed by atoms with Crippen LogP contribution in [0.25, 0.3) is 0 Å². The molecular weight excluding hydrogens is 268 g/mol. The smallest absolute Gasteiger partial charge is 0.307 e. The molecule has 2 rings (SSSR count). The van der Waals surface area contributed by atoms with Crippen molar-refractivity contribution in [3.63, 3.8) is 0 Å². The summed E-state index contributed by atoms with van der Waals surface area (Å²) in [6, 6.07) is 0. The lowest BCUT2D eigenvalue weighted by molar-refractivity contribution is -0.142. The van der Waals surface area contributed by atoms with Gasteiger partial charge in [-0.25, -0.2) is 0 Å². The molecule has 2 aliphatic rings. The van der Waals surface area contributed by atoms with E-state index in [1.807, 2.05) is 0 Å². The van der Waals surface area contributed by atoms with Crippen LogP contribution in [0, 0.1) is 5.92 Å². The molecule has 110 valence electrons. The van der Waals surface area contributed by atoms with Crippen molar-refractivity contribution in [3.8, 4) is 0 Å². The van der Waals surface area contributed by atoms with Crippen LogP contribution in [0.5, 0.6) is 0 Å². The lowest BCUT2D eigenvalue weighted by Gasteiger charge is -2.33. The molecule has 19 heavy (non-hydrogen) atoms. The number of aliphatic carboxylic acids is 1. The predicted molar refractivity (Wildman–Crippen MR) is 70.9 cm³/mol. The van der Waals surface area contributed by atoms with Crippen molar-refractivity contribution >= 4 is 16.2 Å². The maximum Gasteiger partial charge on any atom is 0.307 e. The molecule has 0 aromatic heterocycles. The standard InChI is InChI=1S/C12H22N2O4S/c15-12(16)11-6-5-9-14(10-11)19(17,18)13-7-3-1-2-4-8-13/h11H,1-10H2,(H,15,16)/t11-/m0/s1. The van der Waals surface area contributed by atoms with Crippen molar-refractivity contribution in [3.05, 3.63) is 0 Å². The van der Waals surface area contributed by atoms with Gasteiger partial charge in [-0.3, -0.25) is 4.79 Å². The first-order valence-corrected chi connectivity index (χ1v) is 8.39. The number of carboxylic acid groups (broad SMARTS) is 1. The van der Waals surface area contributed by atoms with Crippen molar-refractivity contribution in [1.82, 2.24) is 8.61 Å². The molecular formula is C12H22N2O4S. The molecule has 1 N–H and O–H groups in total. The zero-order valence-electron chi connectivity index (χ0n) is 11.1. The first-order valence-electron chi connectivity index (χ1n) is 7.00. The second-order valence-corrected chi connectivity index (χ2v) is 7.28. The summed E-state index contributed by atoms with van der Waals surface area (Å²) in [5.74, 6) is -1.45. The molecule has 0 aliphatic carbocycles. The van der Waals surface area contributed by atoms with E-state index in [2.05, 4.69) is 0 Å². The SMILES string of the molecule is O=C(O)[C@H]1CCCN(S(=O)(=O)N2CCCCCC2)C1. The summed E-state index contributed by atoms with van der Waals surface area (Å²) in [7, 11) is -3.47. The molecule has 0 aromatic carbocycles. The van der Waals surface area contributed by atoms with Crippen LogP contribution >= 0.6 is 0 Å². The Morgan fingerprint density at radius 1 is 0.947 bits per heavy atom. The van der Waals surface area contributed by atoms with E-state index in [0.29, 0.717) is 32.5 Å². The van der Waals surface area contributed by atoms with Crippen molar-refractivity contribution in [1.29, 1.82) is 0 Å². The number of carboxylic acids is 1. The molecule has 2 fully saturated rings. The van der Waals surface area contributed by atoms with E-state index in [1.54, 1.807) is 0 Å². The number of piperidine rings is 1. The van der Waals surface area contributed by atoms with Gasteiger partial charge in [-0.15, -0.1) is 0 Å². The van der Waals surface area contributed by atoms with E-state index in [4.69, 9.17) is 5.11 Å². The summed E-state index contributed by atoms with van der Waals surface area (Å²) in [4.78, 5) is 11.0. The lowest BCUT2D eigenvalue weighted by Crippen LogP contribution is -2.49. The molecule has 0 bridgehead atoms.